The van der Waals surface area contributed by atoms with Gasteiger partial charge in [-0.05, 0) is 49.3 Å². The van der Waals surface area contributed by atoms with Gasteiger partial charge in [-0.2, -0.15) is 0 Å². The number of esters is 1. The fourth-order valence-electron chi connectivity index (χ4n) is 5.82. The van der Waals surface area contributed by atoms with Crippen LogP contribution >= 0.6 is 0 Å². The quantitative estimate of drug-likeness (QED) is 0.250. The smallest absolute Gasteiger partial charge is 0.408 e. The second kappa shape index (κ2) is 11.3. The zero-order valence-electron chi connectivity index (χ0n) is 22.6. The number of nitrogens with one attached hydrogen (secondary N) is 2. The van der Waals surface area contributed by atoms with E-state index in [1.165, 1.54) is 7.11 Å². The van der Waals surface area contributed by atoms with E-state index < -0.39 is 48.2 Å². The van der Waals surface area contributed by atoms with Crippen LogP contribution in [0.1, 0.15) is 74.5 Å². The van der Waals surface area contributed by atoms with E-state index in [9.17, 15) is 27.2 Å². The number of benzene rings is 1. The Labute approximate surface area is 234 Å². The van der Waals surface area contributed by atoms with Gasteiger partial charge in [0, 0.05) is 25.7 Å². The van der Waals surface area contributed by atoms with Crippen molar-refractivity contribution in [3.05, 3.63) is 59.5 Å². The molecule has 5 rings (SSSR count). The number of hydrogen-bond acceptors (Lipinski definition) is 6. The summed E-state index contributed by atoms with van der Waals surface area (Å²) in [5.41, 5.74) is 0.420. The van der Waals surface area contributed by atoms with Crippen molar-refractivity contribution >= 4 is 23.2 Å². The summed E-state index contributed by atoms with van der Waals surface area (Å²) in [6, 6.07) is 11.6. The molecule has 1 aromatic carbocycles. The number of hydrogen-bond donors (Lipinski definition) is 2. The van der Waals surface area contributed by atoms with E-state index >= 15 is 0 Å². The van der Waals surface area contributed by atoms with Crippen molar-refractivity contribution in [1.29, 1.82) is 0 Å². The zero-order valence-corrected chi connectivity index (χ0v) is 22.6. The van der Waals surface area contributed by atoms with E-state index in [-0.39, 0.29) is 62.4 Å². The number of ether oxygens (including phenoxy) is 2. The highest BCUT2D eigenvalue weighted by Crippen LogP contribution is 2.46. The predicted molar refractivity (Wildman–Crippen MR) is 140 cm³/mol. The van der Waals surface area contributed by atoms with Gasteiger partial charge in [0.05, 0.1) is 24.4 Å². The third-order valence-corrected chi connectivity index (χ3v) is 8.28. The molecule has 0 radical (unpaired) electrons. The van der Waals surface area contributed by atoms with Crippen molar-refractivity contribution in [2.45, 2.75) is 81.3 Å². The summed E-state index contributed by atoms with van der Waals surface area (Å²) in [5, 5.41) is 2.80. The summed E-state index contributed by atoms with van der Waals surface area (Å²) in [6.45, 7) is 0.0296. The van der Waals surface area contributed by atoms with Crippen LogP contribution < -0.4 is 5.32 Å². The number of H-pyrrole nitrogens is 1. The molecule has 0 spiro atoms. The van der Waals surface area contributed by atoms with Gasteiger partial charge in [-0.3, -0.25) is 4.79 Å². The molecule has 2 saturated carbocycles. The van der Waals surface area contributed by atoms with Gasteiger partial charge >= 0.3 is 12.1 Å². The van der Waals surface area contributed by atoms with Crippen molar-refractivity contribution in [1.82, 2.24) is 20.3 Å². The Morgan fingerprint density at radius 2 is 1.61 bits per heavy atom. The van der Waals surface area contributed by atoms with Crippen molar-refractivity contribution in [2.75, 3.05) is 7.11 Å². The lowest BCUT2D eigenvalue weighted by Crippen LogP contribution is -2.44. The summed E-state index contributed by atoms with van der Waals surface area (Å²) >= 11 is 0. The number of imidazole rings is 1. The highest BCUT2D eigenvalue weighted by Gasteiger charge is 2.51. The monoisotopic (exact) mass is 576 g/mol. The molecule has 1 atom stereocenters. The number of alkyl halides is 4. The van der Waals surface area contributed by atoms with Crippen LogP contribution in [-0.4, -0.2) is 46.0 Å². The third kappa shape index (κ3) is 6.31. The van der Waals surface area contributed by atoms with Crippen molar-refractivity contribution in [2.24, 2.45) is 5.92 Å². The molecule has 41 heavy (non-hydrogen) atoms. The van der Waals surface area contributed by atoms with Crippen LogP contribution in [-0.2, 0) is 26.3 Å². The summed E-state index contributed by atoms with van der Waals surface area (Å²) in [5.74, 6) is -6.32. The minimum absolute atomic E-state index is 0.0296. The Morgan fingerprint density at radius 1 is 0.951 bits per heavy atom. The van der Waals surface area contributed by atoms with Crippen LogP contribution in [0.15, 0.2) is 42.5 Å². The molecule has 1 amide bonds. The molecular weight excluding hydrogens is 544 g/mol. The summed E-state index contributed by atoms with van der Waals surface area (Å²) in [4.78, 5) is 37.9. The van der Waals surface area contributed by atoms with Crippen LogP contribution in [0.2, 0.25) is 0 Å². The van der Waals surface area contributed by atoms with Gasteiger partial charge in [-0.1, -0.05) is 30.3 Å². The molecule has 2 aromatic heterocycles. The number of halogens is 4. The largest absolute Gasteiger partial charge is 0.468 e. The number of methoxy groups -OCH3 is 1. The molecule has 1 unspecified atom stereocenters. The van der Waals surface area contributed by atoms with Crippen molar-refractivity contribution in [3.8, 4) is 0 Å². The number of nitrogens with zero attached hydrogens (tertiary/aromatic N) is 2. The van der Waals surface area contributed by atoms with Gasteiger partial charge in [0.15, 0.2) is 5.65 Å². The molecule has 8 nitrogen and oxygen atoms in total. The Balaban J connectivity index is 1.42. The van der Waals surface area contributed by atoms with E-state index in [1.807, 2.05) is 30.3 Å². The molecule has 2 aliphatic rings. The zero-order chi connectivity index (χ0) is 29.3. The van der Waals surface area contributed by atoms with Gasteiger partial charge in [0.25, 0.3) is 0 Å². The SMILES string of the molecule is COC(=O)C1(c2ccc3[nH]c(C(NC(=O)OCc4ccccc4)C4CCC(F)(F)CC4)nc3n2)CCC(F)(F)CC1. The molecule has 2 fully saturated rings. The van der Waals surface area contributed by atoms with Crippen LogP contribution in [0.5, 0.6) is 0 Å². The lowest BCUT2D eigenvalue weighted by molar-refractivity contribution is -0.153. The fraction of sp³-hybridized carbons (Fsp3) is 0.517. The normalized spacial score (nSPS) is 20.7. The fourth-order valence-corrected chi connectivity index (χ4v) is 5.82. The molecule has 0 saturated heterocycles. The maximum Gasteiger partial charge on any atom is 0.408 e. The number of fused-ring (bicyclic) bond motifs is 1. The molecule has 12 heteroatoms. The van der Waals surface area contributed by atoms with E-state index in [0.717, 1.165) is 5.56 Å². The molecule has 220 valence electrons. The first kappa shape index (κ1) is 28.8. The number of rotatable bonds is 7. The first-order chi connectivity index (χ1) is 19.5. The second-order valence-electron chi connectivity index (χ2n) is 11.0. The van der Waals surface area contributed by atoms with Gasteiger partial charge in [-0.25, -0.2) is 32.3 Å². The maximum absolute atomic E-state index is 14.0. The molecule has 3 aromatic rings. The van der Waals surface area contributed by atoms with E-state index in [1.54, 1.807) is 12.1 Å². The molecular formula is C29H32F4N4O4. The number of aromatic amines is 1. The third-order valence-electron chi connectivity index (χ3n) is 8.28. The summed E-state index contributed by atoms with van der Waals surface area (Å²) < 4.78 is 66.2. The van der Waals surface area contributed by atoms with Crippen molar-refractivity contribution in [3.63, 3.8) is 0 Å². The highest BCUT2D eigenvalue weighted by molar-refractivity contribution is 5.84. The standard InChI is InChI=1S/C29H32F4N4O4/c1-40-25(38)27(13-15-29(32,33)16-14-27)21-8-7-20-23(35-21)37-24(34-20)22(19-9-11-28(30,31)12-10-19)36-26(39)41-17-18-5-3-2-4-6-18/h2-8,19,22H,9-17H2,1H3,(H,36,39)(H,34,35,37). The summed E-state index contributed by atoms with van der Waals surface area (Å²) in [7, 11) is 1.21. The van der Waals surface area contributed by atoms with Gasteiger partial charge in [0.1, 0.15) is 17.8 Å². The van der Waals surface area contributed by atoms with Gasteiger partial charge < -0.3 is 19.8 Å². The average molecular weight is 577 g/mol. The molecule has 0 bridgehead atoms. The first-order valence-electron chi connectivity index (χ1n) is 13.7. The molecule has 0 aliphatic heterocycles. The van der Waals surface area contributed by atoms with Crippen LogP contribution in [0.3, 0.4) is 0 Å². The molecule has 2 heterocycles. The second-order valence-corrected chi connectivity index (χ2v) is 11.0. The van der Waals surface area contributed by atoms with Crippen LogP contribution in [0, 0.1) is 5.92 Å². The number of pyridine rings is 1. The van der Waals surface area contributed by atoms with E-state index in [0.29, 0.717) is 11.3 Å². The minimum Gasteiger partial charge on any atom is -0.468 e. The maximum atomic E-state index is 14.0. The minimum atomic E-state index is -2.87. The summed E-state index contributed by atoms with van der Waals surface area (Å²) in [6.07, 6.45) is -2.25. The van der Waals surface area contributed by atoms with Gasteiger partial charge in [0.2, 0.25) is 11.8 Å². The first-order valence-corrected chi connectivity index (χ1v) is 13.7. The Bertz CT molecular complexity index is 1380. The number of amides is 1. The Morgan fingerprint density at radius 3 is 2.27 bits per heavy atom. The van der Waals surface area contributed by atoms with Crippen LogP contribution in [0.4, 0.5) is 22.4 Å². The van der Waals surface area contributed by atoms with E-state index in [4.69, 9.17) is 9.47 Å². The van der Waals surface area contributed by atoms with Crippen molar-refractivity contribution < 1.29 is 36.6 Å². The Kier molecular flexibility index (Phi) is 7.93. The number of alkyl carbamates (subject to hydrolysis) is 1. The average Bonchev–Trinajstić information content (AvgIpc) is 3.39. The van der Waals surface area contributed by atoms with Gasteiger partial charge in [-0.15, -0.1) is 0 Å². The number of carbonyl (C=O) groups excluding carboxylic acids is 2. The Hall–Kier alpha value is -3.70. The lowest BCUT2D eigenvalue weighted by Gasteiger charge is -2.37. The topological polar surface area (TPSA) is 106 Å². The van der Waals surface area contributed by atoms with E-state index in [2.05, 4.69) is 20.3 Å². The highest BCUT2D eigenvalue weighted by atomic mass is 19.3. The number of aromatic nitrogens is 3. The molecule has 2 aliphatic carbocycles. The number of carbonyl (C=O) groups is 2. The predicted octanol–water partition coefficient (Wildman–Crippen LogP) is 6.37. The lowest BCUT2D eigenvalue weighted by atomic mass is 9.70. The van der Waals surface area contributed by atoms with Crippen LogP contribution in [0.25, 0.3) is 11.2 Å². The molecule has 2 N–H and O–H groups in total.